The maximum atomic E-state index is 12.7. The Labute approximate surface area is 128 Å². The molecule has 1 heterocycles. The Morgan fingerprint density at radius 3 is 2.48 bits per heavy atom. The zero-order valence-corrected chi connectivity index (χ0v) is 13.9. The molecule has 1 rings (SSSR count). The van der Waals surface area contributed by atoms with E-state index < -0.39 is 5.97 Å². The molecule has 0 radical (unpaired) electrons. The number of nitrogens with zero attached hydrogens (tertiary/aromatic N) is 2. The van der Waals surface area contributed by atoms with Crippen molar-refractivity contribution in [1.29, 1.82) is 0 Å². The first-order valence-electron chi connectivity index (χ1n) is 8.00. The van der Waals surface area contributed by atoms with E-state index in [1.54, 1.807) is 4.90 Å². The number of hydrogen-bond donors (Lipinski definition) is 1. The summed E-state index contributed by atoms with van der Waals surface area (Å²) in [4.78, 5) is 27.1. The number of amides is 2. The molecule has 5 nitrogen and oxygen atoms in total. The lowest BCUT2D eigenvalue weighted by Crippen LogP contribution is -2.47. The van der Waals surface area contributed by atoms with Gasteiger partial charge in [0.1, 0.15) is 0 Å². The van der Waals surface area contributed by atoms with E-state index in [1.165, 1.54) is 0 Å². The lowest BCUT2D eigenvalue weighted by Gasteiger charge is -2.33. The van der Waals surface area contributed by atoms with Gasteiger partial charge in [-0.25, -0.2) is 4.79 Å². The minimum atomic E-state index is -0.803. The zero-order valence-electron chi connectivity index (χ0n) is 13.9. The molecular formula is C16H30N2O3. The van der Waals surface area contributed by atoms with E-state index in [0.717, 1.165) is 32.4 Å². The smallest absolute Gasteiger partial charge is 0.320 e. The van der Waals surface area contributed by atoms with Crippen molar-refractivity contribution in [3.63, 3.8) is 0 Å². The lowest BCUT2D eigenvalue weighted by atomic mass is 9.85. The summed E-state index contributed by atoms with van der Waals surface area (Å²) in [5.74, 6) is -0.803. The van der Waals surface area contributed by atoms with Crippen LogP contribution in [0.15, 0.2) is 0 Å². The first kappa shape index (κ1) is 17.8. The molecule has 1 saturated heterocycles. The van der Waals surface area contributed by atoms with Crippen molar-refractivity contribution >= 4 is 12.0 Å². The van der Waals surface area contributed by atoms with Crippen LogP contribution in [-0.4, -0.2) is 52.6 Å². The molecular weight excluding hydrogens is 268 g/mol. The summed E-state index contributed by atoms with van der Waals surface area (Å²) in [5, 5.41) is 8.73. The van der Waals surface area contributed by atoms with Gasteiger partial charge in [-0.15, -0.1) is 0 Å². The van der Waals surface area contributed by atoms with Crippen LogP contribution in [0.4, 0.5) is 4.79 Å². The summed E-state index contributed by atoms with van der Waals surface area (Å²) < 4.78 is 0. The largest absolute Gasteiger partial charge is 0.481 e. The van der Waals surface area contributed by atoms with Gasteiger partial charge in [-0.3, -0.25) is 4.79 Å². The number of likely N-dealkylation sites (tertiary alicyclic amines) is 1. The summed E-state index contributed by atoms with van der Waals surface area (Å²) in [6.07, 6.45) is 3.85. The summed E-state index contributed by atoms with van der Waals surface area (Å²) in [7, 11) is 0. The number of carboxylic acid groups (broad SMARTS) is 1. The van der Waals surface area contributed by atoms with E-state index in [2.05, 4.69) is 13.8 Å². The van der Waals surface area contributed by atoms with E-state index in [-0.39, 0.29) is 18.5 Å². The van der Waals surface area contributed by atoms with Crippen LogP contribution in [0.25, 0.3) is 0 Å². The third kappa shape index (κ3) is 5.94. The highest BCUT2D eigenvalue weighted by molar-refractivity contribution is 5.75. The fourth-order valence-corrected chi connectivity index (χ4v) is 2.77. The topological polar surface area (TPSA) is 60.9 Å². The minimum Gasteiger partial charge on any atom is -0.481 e. The van der Waals surface area contributed by atoms with Crippen LogP contribution >= 0.6 is 0 Å². The van der Waals surface area contributed by atoms with Crippen molar-refractivity contribution in [1.82, 2.24) is 9.80 Å². The SMILES string of the molecule is CC(C)N(CCCC(=O)O)C(=O)N1CCCC(C)(C)CC1. The van der Waals surface area contributed by atoms with E-state index in [9.17, 15) is 9.59 Å². The quantitative estimate of drug-likeness (QED) is 0.848. The van der Waals surface area contributed by atoms with E-state index in [1.807, 2.05) is 18.7 Å². The molecule has 0 atom stereocenters. The summed E-state index contributed by atoms with van der Waals surface area (Å²) >= 11 is 0. The van der Waals surface area contributed by atoms with Crippen LogP contribution in [0.3, 0.4) is 0 Å². The summed E-state index contributed by atoms with van der Waals surface area (Å²) in [6.45, 7) is 10.6. The standard InChI is InChI=1S/C16H30N2O3/c1-13(2)18(11-5-7-14(19)20)15(21)17-10-6-8-16(3,4)9-12-17/h13H,5-12H2,1-4H3,(H,19,20). The molecule has 0 aromatic rings. The molecule has 1 aliphatic rings. The number of carbonyl (C=O) groups excluding carboxylic acids is 1. The van der Waals surface area contributed by atoms with Crippen molar-refractivity contribution in [3.05, 3.63) is 0 Å². The van der Waals surface area contributed by atoms with Crippen LogP contribution in [0.5, 0.6) is 0 Å². The van der Waals surface area contributed by atoms with E-state index in [0.29, 0.717) is 18.4 Å². The van der Waals surface area contributed by atoms with E-state index >= 15 is 0 Å². The van der Waals surface area contributed by atoms with Gasteiger partial charge in [0.25, 0.3) is 0 Å². The summed E-state index contributed by atoms with van der Waals surface area (Å²) in [6, 6.07) is 0.163. The zero-order chi connectivity index (χ0) is 16.0. The third-order valence-corrected chi connectivity index (χ3v) is 4.27. The highest BCUT2D eigenvalue weighted by atomic mass is 16.4. The first-order chi connectivity index (χ1) is 9.73. The molecule has 1 fully saturated rings. The Morgan fingerprint density at radius 2 is 1.90 bits per heavy atom. The molecule has 0 spiro atoms. The Hall–Kier alpha value is -1.26. The second kappa shape index (κ2) is 7.66. The third-order valence-electron chi connectivity index (χ3n) is 4.27. The van der Waals surface area contributed by atoms with Crippen molar-refractivity contribution < 1.29 is 14.7 Å². The first-order valence-corrected chi connectivity index (χ1v) is 8.00. The van der Waals surface area contributed by atoms with Crippen LogP contribution in [0.2, 0.25) is 0 Å². The van der Waals surface area contributed by atoms with Gasteiger partial charge in [-0.2, -0.15) is 0 Å². The molecule has 2 amide bonds. The van der Waals surface area contributed by atoms with Crippen molar-refractivity contribution in [2.24, 2.45) is 5.41 Å². The van der Waals surface area contributed by atoms with Crippen LogP contribution < -0.4 is 0 Å². The average Bonchev–Trinajstić information content (AvgIpc) is 2.54. The fraction of sp³-hybridized carbons (Fsp3) is 0.875. The maximum Gasteiger partial charge on any atom is 0.320 e. The molecule has 1 aliphatic heterocycles. The predicted molar refractivity (Wildman–Crippen MR) is 83.3 cm³/mol. The number of urea groups is 1. The average molecular weight is 298 g/mol. The molecule has 0 unspecified atom stereocenters. The van der Waals surface area contributed by atoms with E-state index in [4.69, 9.17) is 5.11 Å². The van der Waals surface area contributed by atoms with Gasteiger partial charge in [0.05, 0.1) is 0 Å². The van der Waals surface area contributed by atoms with Crippen LogP contribution in [0, 0.1) is 5.41 Å². The van der Waals surface area contributed by atoms with Crippen LogP contribution in [0.1, 0.15) is 59.8 Å². The lowest BCUT2D eigenvalue weighted by molar-refractivity contribution is -0.137. The second-order valence-corrected chi connectivity index (χ2v) is 7.07. The summed E-state index contributed by atoms with van der Waals surface area (Å²) in [5.41, 5.74) is 0.307. The Kier molecular flexibility index (Phi) is 6.49. The van der Waals surface area contributed by atoms with Gasteiger partial charge in [0, 0.05) is 32.1 Å². The number of rotatable bonds is 5. The Bertz CT molecular complexity index is 367. The number of carboxylic acids is 1. The molecule has 0 aromatic heterocycles. The highest BCUT2D eigenvalue weighted by Gasteiger charge is 2.28. The maximum absolute atomic E-state index is 12.7. The van der Waals surface area contributed by atoms with Gasteiger partial charge < -0.3 is 14.9 Å². The molecule has 1 N–H and O–H groups in total. The number of aliphatic carboxylic acids is 1. The Balaban J connectivity index is 2.61. The Morgan fingerprint density at radius 1 is 1.24 bits per heavy atom. The molecule has 0 aromatic carbocycles. The van der Waals surface area contributed by atoms with Gasteiger partial charge in [-0.1, -0.05) is 13.8 Å². The number of hydrogen-bond acceptors (Lipinski definition) is 2. The minimum absolute atomic E-state index is 0.0630. The van der Waals surface area contributed by atoms with Gasteiger partial charge in [-0.05, 0) is 44.9 Å². The molecule has 0 aliphatic carbocycles. The van der Waals surface area contributed by atoms with Gasteiger partial charge >= 0.3 is 12.0 Å². The molecule has 122 valence electrons. The van der Waals surface area contributed by atoms with Crippen molar-refractivity contribution in [2.45, 2.75) is 65.8 Å². The van der Waals surface area contributed by atoms with Gasteiger partial charge in [0.2, 0.25) is 0 Å². The van der Waals surface area contributed by atoms with Crippen molar-refractivity contribution in [2.75, 3.05) is 19.6 Å². The van der Waals surface area contributed by atoms with Gasteiger partial charge in [0.15, 0.2) is 0 Å². The van der Waals surface area contributed by atoms with Crippen LogP contribution in [-0.2, 0) is 4.79 Å². The predicted octanol–water partition coefficient (Wildman–Crippen LogP) is 3.19. The fourth-order valence-electron chi connectivity index (χ4n) is 2.77. The highest BCUT2D eigenvalue weighted by Crippen LogP contribution is 2.30. The normalized spacial score (nSPS) is 18.4. The number of carbonyl (C=O) groups is 2. The molecule has 0 saturated carbocycles. The molecule has 21 heavy (non-hydrogen) atoms. The molecule has 0 bridgehead atoms. The monoisotopic (exact) mass is 298 g/mol. The molecule has 5 heteroatoms. The second-order valence-electron chi connectivity index (χ2n) is 7.07. The van der Waals surface area contributed by atoms with Crippen molar-refractivity contribution in [3.8, 4) is 0 Å².